The first-order valence-electron chi connectivity index (χ1n) is 5.00. The van der Waals surface area contributed by atoms with Gasteiger partial charge < -0.3 is 9.84 Å². The Kier molecular flexibility index (Phi) is 3.46. The van der Waals surface area contributed by atoms with Crippen LogP contribution >= 0.6 is 22.6 Å². The molecule has 0 saturated carbocycles. The van der Waals surface area contributed by atoms with Gasteiger partial charge in [-0.2, -0.15) is 5.10 Å². The first-order valence-corrected chi connectivity index (χ1v) is 6.08. The first-order chi connectivity index (χ1) is 8.06. The topological polar surface area (TPSA) is 73.0 Å². The molecule has 0 aliphatic heterocycles. The van der Waals surface area contributed by atoms with Crippen LogP contribution in [0.4, 0.5) is 5.82 Å². The third kappa shape index (κ3) is 2.84. The second-order valence-corrected chi connectivity index (χ2v) is 4.87. The van der Waals surface area contributed by atoms with E-state index >= 15 is 0 Å². The van der Waals surface area contributed by atoms with Crippen LogP contribution in [0.15, 0.2) is 23.0 Å². The lowest BCUT2D eigenvalue weighted by Crippen LogP contribution is -2.24. The molecule has 1 N–H and O–H groups in total. The highest BCUT2D eigenvalue weighted by Crippen LogP contribution is 2.12. The lowest BCUT2D eigenvalue weighted by molar-refractivity contribution is -0.119. The van der Waals surface area contributed by atoms with Crippen LogP contribution in [0.1, 0.15) is 18.7 Å². The van der Waals surface area contributed by atoms with Crippen molar-refractivity contribution >= 4 is 34.3 Å². The first kappa shape index (κ1) is 12.1. The Labute approximate surface area is 111 Å². The largest absolute Gasteiger partial charge is 0.360 e. The van der Waals surface area contributed by atoms with Gasteiger partial charge in [-0.1, -0.05) is 5.16 Å². The molecule has 7 heteroatoms. The predicted molar refractivity (Wildman–Crippen MR) is 69.5 cm³/mol. The zero-order valence-corrected chi connectivity index (χ0v) is 11.5. The molecule has 0 saturated heterocycles. The zero-order chi connectivity index (χ0) is 12.4. The van der Waals surface area contributed by atoms with Gasteiger partial charge in [-0.15, -0.1) is 0 Å². The van der Waals surface area contributed by atoms with Crippen LogP contribution in [0.3, 0.4) is 0 Å². The van der Waals surface area contributed by atoms with Crippen LogP contribution in [0.25, 0.3) is 0 Å². The number of aryl methyl sites for hydroxylation is 1. The van der Waals surface area contributed by atoms with Gasteiger partial charge in [0, 0.05) is 12.3 Å². The number of hydrogen-bond donors (Lipinski definition) is 1. The van der Waals surface area contributed by atoms with E-state index < -0.39 is 6.04 Å². The van der Waals surface area contributed by atoms with Crippen LogP contribution < -0.4 is 5.32 Å². The average Bonchev–Trinajstić information content (AvgIpc) is 2.87. The smallest absolute Gasteiger partial charge is 0.250 e. The summed E-state index contributed by atoms with van der Waals surface area (Å²) < 4.78 is 7.45. The number of carbonyl (C=O) groups is 1. The Morgan fingerprint density at radius 2 is 2.41 bits per heavy atom. The molecule has 2 rings (SSSR count). The molecule has 2 heterocycles. The minimum atomic E-state index is -0.393. The summed E-state index contributed by atoms with van der Waals surface area (Å²) in [5.74, 6) is 0.889. The molecule has 0 bridgehead atoms. The number of amides is 1. The third-order valence-corrected chi connectivity index (χ3v) is 2.78. The van der Waals surface area contributed by atoms with E-state index in [1.54, 1.807) is 37.0 Å². The van der Waals surface area contributed by atoms with Gasteiger partial charge in [0.15, 0.2) is 5.82 Å². The van der Waals surface area contributed by atoms with Crippen molar-refractivity contribution in [2.45, 2.75) is 19.9 Å². The van der Waals surface area contributed by atoms with Crippen LogP contribution in [-0.2, 0) is 4.79 Å². The minimum absolute atomic E-state index is 0.183. The molecule has 1 atom stereocenters. The highest BCUT2D eigenvalue weighted by molar-refractivity contribution is 14.1. The number of carbonyl (C=O) groups excluding carboxylic acids is 1. The molecule has 0 aromatic carbocycles. The van der Waals surface area contributed by atoms with Crippen LogP contribution in [0.5, 0.6) is 0 Å². The van der Waals surface area contributed by atoms with Crippen LogP contribution in [0, 0.1) is 10.5 Å². The molecule has 17 heavy (non-hydrogen) atoms. The second-order valence-electron chi connectivity index (χ2n) is 3.63. The van der Waals surface area contributed by atoms with Gasteiger partial charge >= 0.3 is 0 Å². The quantitative estimate of drug-likeness (QED) is 0.863. The van der Waals surface area contributed by atoms with Crippen molar-refractivity contribution in [1.29, 1.82) is 0 Å². The Balaban J connectivity index is 2.05. The molecule has 90 valence electrons. The predicted octanol–water partition coefficient (Wildman–Crippen LogP) is 1.98. The van der Waals surface area contributed by atoms with E-state index in [4.69, 9.17) is 4.52 Å². The van der Waals surface area contributed by atoms with E-state index in [0.717, 1.165) is 3.57 Å². The van der Waals surface area contributed by atoms with Crippen LogP contribution in [-0.4, -0.2) is 20.8 Å². The fourth-order valence-corrected chi connectivity index (χ4v) is 1.71. The third-order valence-electron chi connectivity index (χ3n) is 2.23. The molecule has 1 amide bonds. The van der Waals surface area contributed by atoms with E-state index in [1.165, 1.54) is 0 Å². The zero-order valence-electron chi connectivity index (χ0n) is 9.35. The van der Waals surface area contributed by atoms with Crippen molar-refractivity contribution in [3.8, 4) is 0 Å². The molecular weight excluding hydrogens is 335 g/mol. The summed E-state index contributed by atoms with van der Waals surface area (Å²) in [6, 6.07) is 1.27. The molecule has 6 nitrogen and oxygen atoms in total. The summed E-state index contributed by atoms with van der Waals surface area (Å²) >= 11 is 2.14. The maximum atomic E-state index is 11.9. The highest BCUT2D eigenvalue weighted by Gasteiger charge is 2.17. The number of rotatable bonds is 3. The van der Waals surface area contributed by atoms with Crippen molar-refractivity contribution in [2.24, 2.45) is 0 Å². The van der Waals surface area contributed by atoms with Crippen molar-refractivity contribution in [2.75, 3.05) is 5.32 Å². The number of nitrogens with one attached hydrogen (secondary N) is 1. The number of nitrogens with zero attached hydrogens (tertiary/aromatic N) is 3. The normalized spacial score (nSPS) is 12.4. The molecule has 2 aromatic rings. The van der Waals surface area contributed by atoms with E-state index in [1.807, 2.05) is 0 Å². The molecule has 0 aliphatic rings. The summed E-state index contributed by atoms with van der Waals surface area (Å²) in [7, 11) is 0. The van der Waals surface area contributed by atoms with Crippen LogP contribution in [0.2, 0.25) is 0 Å². The Bertz CT molecular complexity index is 534. The monoisotopic (exact) mass is 346 g/mol. The summed E-state index contributed by atoms with van der Waals surface area (Å²) in [5.41, 5.74) is 0. The van der Waals surface area contributed by atoms with Gasteiger partial charge in [-0.3, -0.25) is 9.48 Å². The SMILES string of the molecule is Cc1cc(NC(=O)C(C)n2cc(I)cn2)no1. The maximum absolute atomic E-state index is 11.9. The standard InChI is InChI=1S/C10H11IN4O2/c1-6-3-9(14-17-6)13-10(16)7(2)15-5-8(11)4-12-15/h3-5,7H,1-2H3,(H,13,14,16). The highest BCUT2D eigenvalue weighted by atomic mass is 127. The molecule has 0 radical (unpaired) electrons. The maximum Gasteiger partial charge on any atom is 0.250 e. The lowest BCUT2D eigenvalue weighted by atomic mass is 10.3. The van der Waals surface area contributed by atoms with E-state index in [0.29, 0.717) is 11.6 Å². The summed E-state index contributed by atoms with van der Waals surface area (Å²) in [6.45, 7) is 3.54. The van der Waals surface area contributed by atoms with Gasteiger partial charge in [0.25, 0.3) is 0 Å². The molecule has 0 spiro atoms. The summed E-state index contributed by atoms with van der Waals surface area (Å²) in [4.78, 5) is 11.9. The second kappa shape index (κ2) is 4.86. The van der Waals surface area contributed by atoms with Gasteiger partial charge in [-0.25, -0.2) is 0 Å². The minimum Gasteiger partial charge on any atom is -0.360 e. The molecule has 1 unspecified atom stereocenters. The van der Waals surface area contributed by atoms with Gasteiger partial charge in [0.1, 0.15) is 11.8 Å². The average molecular weight is 346 g/mol. The Morgan fingerprint density at radius 3 is 2.94 bits per heavy atom. The summed E-state index contributed by atoms with van der Waals surface area (Å²) in [6.07, 6.45) is 3.50. The van der Waals surface area contributed by atoms with Crippen molar-refractivity contribution in [3.63, 3.8) is 0 Å². The molecule has 0 aliphatic carbocycles. The fraction of sp³-hybridized carbons (Fsp3) is 0.300. The van der Waals surface area contributed by atoms with Gasteiger partial charge in [-0.05, 0) is 36.4 Å². The van der Waals surface area contributed by atoms with Crippen molar-refractivity contribution < 1.29 is 9.32 Å². The van der Waals surface area contributed by atoms with E-state index in [9.17, 15) is 4.79 Å². The van der Waals surface area contributed by atoms with Gasteiger partial charge in [0.05, 0.1) is 9.77 Å². The van der Waals surface area contributed by atoms with Gasteiger partial charge in [0.2, 0.25) is 5.91 Å². The molecular formula is C10H11IN4O2. The number of anilines is 1. The van der Waals surface area contributed by atoms with E-state index in [2.05, 4.69) is 38.2 Å². The molecule has 0 fully saturated rings. The Hall–Kier alpha value is -1.38. The Morgan fingerprint density at radius 1 is 1.65 bits per heavy atom. The number of hydrogen-bond acceptors (Lipinski definition) is 4. The van der Waals surface area contributed by atoms with E-state index in [-0.39, 0.29) is 5.91 Å². The fourth-order valence-electron chi connectivity index (χ4n) is 1.30. The molecule has 2 aromatic heterocycles. The lowest BCUT2D eigenvalue weighted by Gasteiger charge is -2.10. The summed E-state index contributed by atoms with van der Waals surface area (Å²) in [5, 5.41) is 10.5. The van der Waals surface area contributed by atoms with Crippen molar-refractivity contribution in [3.05, 3.63) is 27.8 Å². The number of halogens is 1. The van der Waals surface area contributed by atoms with Crippen molar-refractivity contribution in [1.82, 2.24) is 14.9 Å². The number of aromatic nitrogens is 3.